The van der Waals surface area contributed by atoms with E-state index in [2.05, 4.69) is 39.0 Å². The van der Waals surface area contributed by atoms with Crippen molar-refractivity contribution < 1.29 is 0 Å². The first kappa shape index (κ1) is 14.6. The fourth-order valence-electron chi connectivity index (χ4n) is 4.06. The summed E-state index contributed by atoms with van der Waals surface area (Å²) in [6, 6.07) is 6.56. The van der Waals surface area contributed by atoms with Crippen molar-refractivity contribution in [1.82, 2.24) is 0 Å². The minimum atomic E-state index is 1.16. The van der Waals surface area contributed by atoms with Gasteiger partial charge in [-0.2, -0.15) is 0 Å². The van der Waals surface area contributed by atoms with Crippen LogP contribution in [0.2, 0.25) is 0 Å². The normalized spacial score (nSPS) is 26.1. The van der Waals surface area contributed by atoms with E-state index in [1.807, 2.05) is 0 Å². The topological polar surface area (TPSA) is 0 Å². The first-order valence-electron chi connectivity index (χ1n) is 8.20. The van der Waals surface area contributed by atoms with Gasteiger partial charge in [-0.05, 0) is 32.6 Å². The van der Waals surface area contributed by atoms with Gasteiger partial charge >= 0.3 is 0 Å². The van der Waals surface area contributed by atoms with Crippen molar-refractivity contribution in [2.75, 3.05) is 0 Å². The Labute approximate surface area is 119 Å². The van der Waals surface area contributed by atoms with Gasteiger partial charge in [0.15, 0.2) is 0 Å². The predicted molar refractivity (Wildman–Crippen MR) is 84.6 cm³/mol. The van der Waals surface area contributed by atoms with Crippen LogP contribution in [0.4, 0.5) is 0 Å². The van der Waals surface area contributed by atoms with Crippen LogP contribution in [0.1, 0.15) is 68.1 Å². The van der Waals surface area contributed by atoms with E-state index in [-0.39, 0.29) is 0 Å². The van der Waals surface area contributed by atoms with Crippen molar-refractivity contribution in [2.45, 2.75) is 72.1 Å². The Morgan fingerprint density at radius 1 is 0.579 bits per heavy atom. The highest BCUT2D eigenvalue weighted by Crippen LogP contribution is 2.39. The van der Waals surface area contributed by atoms with Gasteiger partial charge in [-0.3, -0.25) is 0 Å². The summed E-state index contributed by atoms with van der Waals surface area (Å²) in [5, 5.41) is 0. The third-order valence-corrected chi connectivity index (χ3v) is 4.83. The Hall–Kier alpha value is -0.780. The molecule has 0 bridgehead atoms. The molecule has 1 aromatic rings. The van der Waals surface area contributed by atoms with Crippen molar-refractivity contribution in [2.24, 2.45) is 11.8 Å². The number of rotatable bonds is 0. The molecule has 0 spiro atoms. The summed E-state index contributed by atoms with van der Waals surface area (Å²) >= 11 is 0. The quantitative estimate of drug-likeness (QED) is 0.537. The van der Waals surface area contributed by atoms with Crippen LogP contribution in [0.3, 0.4) is 0 Å². The molecule has 0 nitrogen and oxygen atoms in total. The summed E-state index contributed by atoms with van der Waals surface area (Å²) in [6.45, 7) is 6.38. The van der Waals surface area contributed by atoms with E-state index in [1.54, 1.807) is 25.7 Å². The molecule has 0 aliphatic heterocycles. The minimum Gasteiger partial charge on any atom is -0.0564 e. The standard InChI is InChI=1S/C10H18.C9H12/c1-2-6-10-8-4-3-7-9(10)5-1;1-7-4-8(2)6-9(3)5-7/h9-10H,1-8H2;4-6H,1-3H3. The molecule has 0 amide bonds. The molecule has 0 saturated heterocycles. The highest BCUT2D eigenvalue weighted by Gasteiger charge is 2.26. The van der Waals surface area contributed by atoms with Gasteiger partial charge in [0, 0.05) is 0 Å². The van der Waals surface area contributed by atoms with Crippen LogP contribution in [-0.4, -0.2) is 0 Å². The van der Waals surface area contributed by atoms with Gasteiger partial charge in [-0.1, -0.05) is 86.3 Å². The maximum Gasteiger partial charge on any atom is -0.0386 e. The molecular formula is C19H30. The van der Waals surface area contributed by atoms with Gasteiger partial charge in [-0.25, -0.2) is 0 Å². The minimum absolute atomic E-state index is 1.16. The van der Waals surface area contributed by atoms with E-state index in [4.69, 9.17) is 0 Å². The summed E-state index contributed by atoms with van der Waals surface area (Å²) in [4.78, 5) is 0. The van der Waals surface area contributed by atoms with Crippen molar-refractivity contribution in [1.29, 1.82) is 0 Å². The predicted octanol–water partition coefficient (Wildman–Crippen LogP) is 5.98. The Bertz CT molecular complexity index is 315. The third kappa shape index (κ3) is 4.67. The van der Waals surface area contributed by atoms with Crippen LogP contribution < -0.4 is 0 Å². The molecule has 3 rings (SSSR count). The zero-order chi connectivity index (χ0) is 13.7. The lowest BCUT2D eigenvalue weighted by Gasteiger charge is -2.35. The highest BCUT2D eigenvalue weighted by atomic mass is 14.3. The molecule has 2 saturated carbocycles. The van der Waals surface area contributed by atoms with Crippen LogP contribution in [-0.2, 0) is 0 Å². The van der Waals surface area contributed by atoms with Crippen LogP contribution >= 0.6 is 0 Å². The summed E-state index contributed by atoms with van der Waals surface area (Å²) in [7, 11) is 0. The Morgan fingerprint density at radius 3 is 1.11 bits per heavy atom. The number of hydrogen-bond acceptors (Lipinski definition) is 0. The van der Waals surface area contributed by atoms with E-state index in [9.17, 15) is 0 Å². The average Bonchev–Trinajstić information content (AvgIpc) is 2.38. The zero-order valence-electron chi connectivity index (χ0n) is 13.0. The molecule has 0 unspecified atom stereocenters. The van der Waals surface area contributed by atoms with Crippen LogP contribution in [0.25, 0.3) is 0 Å². The van der Waals surface area contributed by atoms with E-state index in [0.29, 0.717) is 0 Å². The van der Waals surface area contributed by atoms with Crippen molar-refractivity contribution in [3.8, 4) is 0 Å². The smallest absolute Gasteiger partial charge is 0.0386 e. The Kier molecular flexibility index (Phi) is 5.48. The second-order valence-corrected chi connectivity index (χ2v) is 6.75. The highest BCUT2D eigenvalue weighted by molar-refractivity contribution is 5.27. The SMILES string of the molecule is C1CCC2CCCCC2C1.Cc1cc(C)cc(C)c1. The Balaban J connectivity index is 0.000000141. The molecule has 0 N–H and O–H groups in total. The van der Waals surface area contributed by atoms with Crippen molar-refractivity contribution in [3.63, 3.8) is 0 Å². The summed E-state index contributed by atoms with van der Waals surface area (Å²) in [6.07, 6.45) is 12.4. The maximum atomic E-state index is 2.19. The molecule has 0 heteroatoms. The molecule has 0 heterocycles. The molecule has 1 aromatic carbocycles. The second kappa shape index (κ2) is 7.12. The molecule has 2 aliphatic carbocycles. The van der Waals surface area contributed by atoms with E-state index in [0.717, 1.165) is 11.8 Å². The van der Waals surface area contributed by atoms with Crippen molar-refractivity contribution >= 4 is 0 Å². The monoisotopic (exact) mass is 258 g/mol. The lowest BCUT2D eigenvalue weighted by Crippen LogP contribution is -2.22. The summed E-state index contributed by atoms with van der Waals surface area (Å²) in [5.41, 5.74) is 4.06. The molecule has 19 heavy (non-hydrogen) atoms. The van der Waals surface area contributed by atoms with Crippen LogP contribution in [0, 0.1) is 32.6 Å². The fourth-order valence-corrected chi connectivity index (χ4v) is 4.06. The molecule has 106 valence electrons. The lowest BCUT2D eigenvalue weighted by molar-refractivity contribution is 0.171. The van der Waals surface area contributed by atoms with E-state index >= 15 is 0 Å². The van der Waals surface area contributed by atoms with E-state index < -0.39 is 0 Å². The number of aryl methyl sites for hydroxylation is 3. The molecule has 2 fully saturated rings. The summed E-state index contributed by atoms with van der Waals surface area (Å²) < 4.78 is 0. The molecular weight excluding hydrogens is 228 g/mol. The lowest BCUT2D eigenvalue weighted by atomic mass is 9.71. The first-order valence-corrected chi connectivity index (χ1v) is 8.20. The van der Waals surface area contributed by atoms with Gasteiger partial charge in [0.05, 0.1) is 0 Å². The van der Waals surface area contributed by atoms with Crippen LogP contribution in [0.15, 0.2) is 18.2 Å². The number of fused-ring (bicyclic) bond motifs is 1. The third-order valence-electron chi connectivity index (χ3n) is 4.83. The van der Waals surface area contributed by atoms with Gasteiger partial charge in [0.25, 0.3) is 0 Å². The van der Waals surface area contributed by atoms with Gasteiger partial charge in [0.1, 0.15) is 0 Å². The first-order chi connectivity index (χ1) is 9.15. The number of benzene rings is 1. The Morgan fingerprint density at radius 2 is 0.842 bits per heavy atom. The molecule has 0 aromatic heterocycles. The van der Waals surface area contributed by atoms with Gasteiger partial charge in [-0.15, -0.1) is 0 Å². The van der Waals surface area contributed by atoms with Gasteiger partial charge < -0.3 is 0 Å². The molecule has 0 radical (unpaired) electrons. The average molecular weight is 258 g/mol. The van der Waals surface area contributed by atoms with Crippen LogP contribution in [0.5, 0.6) is 0 Å². The largest absolute Gasteiger partial charge is 0.0564 e. The van der Waals surface area contributed by atoms with Crippen molar-refractivity contribution in [3.05, 3.63) is 34.9 Å². The second-order valence-electron chi connectivity index (χ2n) is 6.75. The fraction of sp³-hybridized carbons (Fsp3) is 0.684. The molecule has 0 atom stereocenters. The zero-order valence-corrected chi connectivity index (χ0v) is 13.0. The van der Waals surface area contributed by atoms with E-state index in [1.165, 1.54) is 42.4 Å². The molecule has 2 aliphatic rings. The maximum absolute atomic E-state index is 2.19. The summed E-state index contributed by atoms with van der Waals surface area (Å²) in [5.74, 6) is 2.31. The van der Waals surface area contributed by atoms with Gasteiger partial charge in [0.2, 0.25) is 0 Å². The number of hydrogen-bond donors (Lipinski definition) is 0.